The predicted octanol–water partition coefficient (Wildman–Crippen LogP) is 1.62. The standard InChI is InChI=1S/C20H22O5/c21-13-20(22,15-9-5-2-6-10-15)19-18-17(16(25-19)12-24-18)23-11-14-7-3-1-4-8-14/h1-10,16-19,21-22H,11-13H2/t16-,17-,18+,19-,20+/m0/s1. The van der Waals surface area contributed by atoms with Crippen LogP contribution in [0.4, 0.5) is 0 Å². The van der Waals surface area contributed by atoms with Gasteiger partial charge in [-0.2, -0.15) is 0 Å². The minimum atomic E-state index is -1.52. The van der Waals surface area contributed by atoms with Crippen molar-refractivity contribution < 1.29 is 24.4 Å². The summed E-state index contributed by atoms with van der Waals surface area (Å²) in [5.74, 6) is 0. The van der Waals surface area contributed by atoms with Gasteiger partial charge in [-0.1, -0.05) is 60.7 Å². The smallest absolute Gasteiger partial charge is 0.141 e. The van der Waals surface area contributed by atoms with E-state index in [1.54, 1.807) is 12.1 Å². The Morgan fingerprint density at radius 2 is 1.72 bits per heavy atom. The second-order valence-electron chi connectivity index (χ2n) is 6.60. The lowest BCUT2D eigenvalue weighted by Crippen LogP contribution is -2.51. The maximum atomic E-state index is 11.1. The molecule has 2 aliphatic rings. The van der Waals surface area contributed by atoms with E-state index in [0.717, 1.165) is 5.56 Å². The number of fused-ring (bicyclic) bond motifs is 2. The van der Waals surface area contributed by atoms with Crippen molar-refractivity contribution in [1.29, 1.82) is 0 Å². The van der Waals surface area contributed by atoms with Crippen LogP contribution in [0.25, 0.3) is 0 Å². The zero-order valence-corrected chi connectivity index (χ0v) is 13.8. The van der Waals surface area contributed by atoms with Gasteiger partial charge in [0.25, 0.3) is 0 Å². The van der Waals surface area contributed by atoms with Crippen LogP contribution >= 0.6 is 0 Å². The molecular weight excluding hydrogens is 320 g/mol. The zero-order valence-electron chi connectivity index (χ0n) is 13.8. The second kappa shape index (κ2) is 6.86. The lowest BCUT2D eigenvalue weighted by molar-refractivity contribution is -0.195. The molecule has 5 nitrogen and oxygen atoms in total. The molecule has 132 valence electrons. The molecule has 0 aromatic heterocycles. The van der Waals surface area contributed by atoms with Gasteiger partial charge >= 0.3 is 0 Å². The average Bonchev–Trinajstić information content (AvgIpc) is 3.24. The van der Waals surface area contributed by atoms with E-state index in [2.05, 4.69) is 0 Å². The predicted molar refractivity (Wildman–Crippen MR) is 90.8 cm³/mol. The first-order chi connectivity index (χ1) is 12.2. The molecule has 0 radical (unpaired) electrons. The van der Waals surface area contributed by atoms with E-state index in [4.69, 9.17) is 14.2 Å². The molecule has 2 aliphatic heterocycles. The summed E-state index contributed by atoms with van der Waals surface area (Å²) in [7, 11) is 0. The number of benzene rings is 2. The SMILES string of the molecule is OC[C@@](O)(c1ccccc1)[C@H]1O[C@H]2CO[C@@H]1[C@H]2OCc1ccccc1. The van der Waals surface area contributed by atoms with Gasteiger partial charge in [0.05, 0.1) is 19.8 Å². The Balaban J connectivity index is 1.51. The molecular formula is C20H22O5. The van der Waals surface area contributed by atoms with Gasteiger partial charge in [-0.05, 0) is 11.1 Å². The van der Waals surface area contributed by atoms with Crippen LogP contribution in [0.15, 0.2) is 60.7 Å². The first-order valence-electron chi connectivity index (χ1n) is 8.54. The fourth-order valence-electron chi connectivity index (χ4n) is 3.67. The molecule has 5 atom stereocenters. The van der Waals surface area contributed by atoms with E-state index in [1.807, 2.05) is 48.5 Å². The third-order valence-corrected chi connectivity index (χ3v) is 5.03. The van der Waals surface area contributed by atoms with Gasteiger partial charge in [0, 0.05) is 0 Å². The van der Waals surface area contributed by atoms with Crippen molar-refractivity contribution in [2.45, 2.75) is 36.6 Å². The molecule has 0 unspecified atom stereocenters. The summed E-state index contributed by atoms with van der Waals surface area (Å²) in [6.07, 6.45) is -1.57. The molecule has 0 aliphatic carbocycles. The average molecular weight is 342 g/mol. The summed E-state index contributed by atoms with van der Waals surface area (Å²) in [6.45, 7) is 0.456. The molecule has 2 heterocycles. The third kappa shape index (κ3) is 2.99. The van der Waals surface area contributed by atoms with Crippen LogP contribution in [0.5, 0.6) is 0 Å². The van der Waals surface area contributed by atoms with E-state index >= 15 is 0 Å². The molecule has 2 N–H and O–H groups in total. The number of ether oxygens (including phenoxy) is 3. The van der Waals surface area contributed by atoms with E-state index < -0.39 is 24.4 Å². The summed E-state index contributed by atoms with van der Waals surface area (Å²) in [5.41, 5.74) is 0.168. The molecule has 0 saturated carbocycles. The van der Waals surface area contributed by atoms with E-state index in [0.29, 0.717) is 18.8 Å². The molecule has 5 heteroatoms. The van der Waals surface area contributed by atoms with Crippen LogP contribution in [-0.2, 0) is 26.4 Å². The number of hydrogen-bond acceptors (Lipinski definition) is 5. The van der Waals surface area contributed by atoms with Gasteiger partial charge in [0.2, 0.25) is 0 Å². The highest BCUT2D eigenvalue weighted by Gasteiger charge is 2.59. The monoisotopic (exact) mass is 342 g/mol. The Kier molecular flexibility index (Phi) is 4.58. The highest BCUT2D eigenvalue weighted by Crippen LogP contribution is 2.42. The van der Waals surface area contributed by atoms with Crippen molar-refractivity contribution in [2.24, 2.45) is 0 Å². The number of aliphatic hydroxyl groups is 2. The first kappa shape index (κ1) is 16.7. The quantitative estimate of drug-likeness (QED) is 0.835. The van der Waals surface area contributed by atoms with E-state index in [9.17, 15) is 10.2 Å². The summed E-state index contributed by atoms with van der Waals surface area (Å²) in [6, 6.07) is 19.0. The minimum absolute atomic E-state index is 0.236. The van der Waals surface area contributed by atoms with Crippen molar-refractivity contribution in [1.82, 2.24) is 0 Å². The molecule has 2 bridgehead atoms. The van der Waals surface area contributed by atoms with Gasteiger partial charge in [-0.25, -0.2) is 0 Å². The van der Waals surface area contributed by atoms with Crippen LogP contribution < -0.4 is 0 Å². The summed E-state index contributed by atoms with van der Waals surface area (Å²) in [5, 5.41) is 21.0. The number of aliphatic hydroxyl groups excluding tert-OH is 1. The highest BCUT2D eigenvalue weighted by molar-refractivity contribution is 5.26. The Bertz CT molecular complexity index is 692. The molecule has 0 spiro atoms. The van der Waals surface area contributed by atoms with Crippen LogP contribution in [0.1, 0.15) is 11.1 Å². The molecule has 0 amide bonds. The molecule has 25 heavy (non-hydrogen) atoms. The number of hydrogen-bond donors (Lipinski definition) is 2. The summed E-state index contributed by atoms with van der Waals surface area (Å²) in [4.78, 5) is 0. The normalized spacial score (nSPS) is 30.3. The van der Waals surface area contributed by atoms with Crippen molar-refractivity contribution in [3.8, 4) is 0 Å². The Morgan fingerprint density at radius 3 is 2.40 bits per heavy atom. The first-order valence-corrected chi connectivity index (χ1v) is 8.54. The van der Waals surface area contributed by atoms with Crippen LogP contribution in [-0.4, -0.2) is 47.8 Å². The van der Waals surface area contributed by atoms with Crippen molar-refractivity contribution in [3.63, 3.8) is 0 Å². The van der Waals surface area contributed by atoms with E-state index in [1.165, 1.54) is 0 Å². The van der Waals surface area contributed by atoms with Crippen molar-refractivity contribution >= 4 is 0 Å². The molecule has 2 fully saturated rings. The minimum Gasteiger partial charge on any atom is -0.393 e. The molecule has 2 saturated heterocycles. The van der Waals surface area contributed by atoms with Crippen molar-refractivity contribution in [3.05, 3.63) is 71.8 Å². The third-order valence-electron chi connectivity index (χ3n) is 5.03. The largest absolute Gasteiger partial charge is 0.393 e. The van der Waals surface area contributed by atoms with Gasteiger partial charge in [-0.3, -0.25) is 0 Å². The van der Waals surface area contributed by atoms with E-state index in [-0.39, 0.29) is 12.2 Å². The van der Waals surface area contributed by atoms with Gasteiger partial charge < -0.3 is 24.4 Å². The van der Waals surface area contributed by atoms with Crippen LogP contribution in [0, 0.1) is 0 Å². The van der Waals surface area contributed by atoms with Gasteiger partial charge in [0.1, 0.15) is 30.0 Å². The van der Waals surface area contributed by atoms with Crippen LogP contribution in [0.2, 0.25) is 0 Å². The highest BCUT2D eigenvalue weighted by atomic mass is 16.7. The number of rotatable bonds is 6. The fraction of sp³-hybridized carbons (Fsp3) is 0.400. The molecule has 2 aromatic rings. The fourth-order valence-corrected chi connectivity index (χ4v) is 3.67. The van der Waals surface area contributed by atoms with Crippen LogP contribution in [0.3, 0.4) is 0 Å². The maximum Gasteiger partial charge on any atom is 0.141 e. The maximum absolute atomic E-state index is 11.1. The van der Waals surface area contributed by atoms with Gasteiger partial charge in [0.15, 0.2) is 0 Å². The second-order valence-corrected chi connectivity index (χ2v) is 6.60. The Labute approximate surface area is 146 Å². The summed E-state index contributed by atoms with van der Waals surface area (Å²) >= 11 is 0. The lowest BCUT2D eigenvalue weighted by atomic mass is 9.86. The zero-order chi connectivity index (χ0) is 17.3. The molecule has 2 aromatic carbocycles. The Hall–Kier alpha value is -1.76. The van der Waals surface area contributed by atoms with Gasteiger partial charge in [-0.15, -0.1) is 0 Å². The summed E-state index contributed by atoms with van der Waals surface area (Å²) < 4.78 is 17.9. The Morgan fingerprint density at radius 1 is 1.04 bits per heavy atom. The molecule has 4 rings (SSSR count). The lowest BCUT2D eigenvalue weighted by Gasteiger charge is -2.36. The topological polar surface area (TPSA) is 68.2 Å². The van der Waals surface area contributed by atoms with Crippen molar-refractivity contribution in [2.75, 3.05) is 13.2 Å².